The zero-order valence-electron chi connectivity index (χ0n) is 36.8. The Bertz CT molecular complexity index is 1490. The number of aliphatic carboxylic acids is 6. The lowest BCUT2D eigenvalue weighted by Gasteiger charge is -2.33. The third kappa shape index (κ3) is 26.0. The Balaban J connectivity index is 1.98. The van der Waals surface area contributed by atoms with Crippen molar-refractivity contribution in [3.05, 3.63) is 0 Å². The summed E-state index contributed by atoms with van der Waals surface area (Å²) in [6.45, 7) is 3.51. The topological polar surface area (TPSA) is 325 Å². The van der Waals surface area contributed by atoms with Crippen LogP contribution in [0, 0.1) is 0 Å². The Kier molecular flexibility index (Phi) is 26.1. The highest BCUT2D eigenvalue weighted by Crippen LogP contribution is 2.06. The fourth-order valence-electron chi connectivity index (χ4n) is 7.35. The van der Waals surface area contributed by atoms with Gasteiger partial charge in [0.25, 0.3) is 0 Å². The van der Waals surface area contributed by atoms with E-state index in [-0.39, 0.29) is 182 Å². The molecule has 2 aliphatic heterocycles. The quantitative estimate of drug-likeness (QED) is 0.0447. The summed E-state index contributed by atoms with van der Waals surface area (Å²) >= 11 is 0. The number of carboxylic acid groups (broad SMARTS) is 6. The maximum Gasteiger partial charge on any atom is 0.317 e. The van der Waals surface area contributed by atoms with E-state index in [1.165, 1.54) is 6.92 Å². The van der Waals surface area contributed by atoms with Crippen molar-refractivity contribution in [1.29, 1.82) is 0 Å². The molecule has 25 nitrogen and oxygen atoms in total. The number of hydrogen-bond donors (Lipinski definition) is 8. The predicted molar refractivity (Wildman–Crippen MR) is 227 cm³/mol. The molecule has 2 aliphatic rings. The van der Waals surface area contributed by atoms with Gasteiger partial charge in [0.15, 0.2) is 5.78 Å². The van der Waals surface area contributed by atoms with Crippen molar-refractivity contribution in [1.82, 2.24) is 49.8 Å². The first-order chi connectivity index (χ1) is 30.3. The van der Waals surface area contributed by atoms with Gasteiger partial charge < -0.3 is 41.3 Å². The zero-order chi connectivity index (χ0) is 47.6. The molecule has 2 heterocycles. The van der Waals surface area contributed by atoms with Gasteiger partial charge in [-0.2, -0.15) is 0 Å². The fourth-order valence-corrected chi connectivity index (χ4v) is 7.35. The molecule has 2 rings (SSSR count). The van der Waals surface area contributed by atoms with Crippen LogP contribution in [0.3, 0.4) is 0 Å². The monoisotopic (exact) mass is 916 g/mol. The summed E-state index contributed by atoms with van der Waals surface area (Å²) in [7, 11) is 0. The summed E-state index contributed by atoms with van der Waals surface area (Å²) in [4.78, 5) is 122. The van der Waals surface area contributed by atoms with E-state index in [9.17, 15) is 73.8 Å². The molecule has 1 unspecified atom stereocenters. The summed E-state index contributed by atoms with van der Waals surface area (Å²) in [6.07, 6.45) is 1.20. The van der Waals surface area contributed by atoms with E-state index in [0.717, 1.165) is 0 Å². The van der Waals surface area contributed by atoms with Crippen molar-refractivity contribution < 1.29 is 73.8 Å². The van der Waals surface area contributed by atoms with Crippen molar-refractivity contribution in [2.24, 2.45) is 0 Å². The molecule has 0 aromatic rings. The highest BCUT2D eigenvalue weighted by Gasteiger charge is 2.24. The van der Waals surface area contributed by atoms with Crippen LogP contribution in [0.15, 0.2) is 0 Å². The van der Waals surface area contributed by atoms with Gasteiger partial charge in [-0.25, -0.2) is 0 Å². The lowest BCUT2D eigenvalue weighted by molar-refractivity contribution is -0.140. The Hall–Kier alpha value is -4.89. The minimum atomic E-state index is -1.08. The Morgan fingerprint density at radius 1 is 0.375 bits per heavy atom. The van der Waals surface area contributed by atoms with Crippen LogP contribution < -0.4 is 10.6 Å². The number of carbonyl (C=O) groups is 9. The van der Waals surface area contributed by atoms with Gasteiger partial charge in [0.2, 0.25) is 11.8 Å². The largest absolute Gasteiger partial charge is 0.480 e. The molecule has 0 aliphatic carbocycles. The molecule has 0 radical (unpaired) electrons. The molecule has 0 saturated carbocycles. The van der Waals surface area contributed by atoms with Crippen molar-refractivity contribution in [2.45, 2.75) is 32.2 Å². The number of unbranched alkanes of at least 4 members (excludes halogenated alkanes) is 1. The summed E-state index contributed by atoms with van der Waals surface area (Å²) in [6, 6.07) is -0.830. The second-order valence-electron chi connectivity index (χ2n) is 16.1. The molecule has 2 amide bonds. The molecule has 1 atom stereocenters. The second kappa shape index (κ2) is 30.3. The third-order valence-electron chi connectivity index (χ3n) is 10.8. The molecule has 0 aromatic carbocycles. The lowest BCUT2D eigenvalue weighted by atomic mass is 10.1. The first-order valence-electron chi connectivity index (χ1n) is 21.4. The SMILES string of the molecule is CC(=O)C(CCCCNC(=O)CN1CCN(CC(=O)O)CCN(CC(=O)O)CCN(CC(=O)O)CC1)NC(=O)CN1CCN(CC(=O)O)CCN(CC(=O)O)CCN(CC(=O)O)CC1. The van der Waals surface area contributed by atoms with Gasteiger partial charge in [-0.05, 0) is 26.2 Å². The van der Waals surface area contributed by atoms with Gasteiger partial charge in [0.1, 0.15) is 0 Å². The first kappa shape index (κ1) is 55.2. The normalized spacial score (nSPS) is 19.1. The average molecular weight is 917 g/mol. The van der Waals surface area contributed by atoms with Crippen LogP contribution in [0.5, 0.6) is 0 Å². The standard InChI is InChI=1S/C39H68N10O15/c1-30(50)31(41-33(52)23-43-8-12-46(26-36(57)58)16-20-49(29-39(63)64)21-17-47(13-9-43)27-37(59)60)4-2-3-5-40-32(51)22-42-6-10-44(24-34(53)54)14-18-48(28-38(61)62)19-15-45(11-7-42)25-35(55)56/h31H,2-29H2,1H3,(H,40,51)(H,41,52)(H,53,54)(H,55,56)(H,57,58)(H,59,60)(H,61,62)(H,63,64). The van der Waals surface area contributed by atoms with E-state index in [4.69, 9.17) is 0 Å². The molecular formula is C39H68N10O15. The molecule has 0 bridgehead atoms. The predicted octanol–water partition coefficient (Wildman–Crippen LogP) is -4.70. The van der Waals surface area contributed by atoms with Crippen LogP contribution in [0.2, 0.25) is 0 Å². The Morgan fingerprint density at radius 2 is 0.609 bits per heavy atom. The van der Waals surface area contributed by atoms with Crippen LogP contribution in [-0.4, -0.2) is 293 Å². The molecule has 25 heteroatoms. The third-order valence-corrected chi connectivity index (χ3v) is 10.8. The van der Waals surface area contributed by atoms with E-state index in [2.05, 4.69) is 10.6 Å². The summed E-state index contributed by atoms with van der Waals surface area (Å²) in [5.74, 6) is -7.46. The van der Waals surface area contributed by atoms with Crippen molar-refractivity contribution in [3.63, 3.8) is 0 Å². The summed E-state index contributed by atoms with van der Waals surface area (Å²) in [5.41, 5.74) is 0. The second-order valence-corrected chi connectivity index (χ2v) is 16.1. The van der Waals surface area contributed by atoms with Gasteiger partial charge in [0, 0.05) is 111 Å². The highest BCUT2D eigenvalue weighted by molar-refractivity contribution is 5.88. The summed E-state index contributed by atoms with van der Waals surface area (Å²) < 4.78 is 0. The number of carboxylic acids is 6. The van der Waals surface area contributed by atoms with Crippen LogP contribution in [0.1, 0.15) is 26.2 Å². The Labute approximate surface area is 372 Å². The number of Topliss-reactive ketones (excluding diaryl/α,β-unsaturated/α-hetero) is 1. The molecule has 364 valence electrons. The van der Waals surface area contributed by atoms with Crippen molar-refractivity contribution >= 4 is 53.4 Å². The van der Waals surface area contributed by atoms with Gasteiger partial charge in [0.05, 0.1) is 58.4 Å². The van der Waals surface area contributed by atoms with E-state index in [1.807, 2.05) is 0 Å². The number of carbonyl (C=O) groups excluding carboxylic acids is 3. The first-order valence-corrected chi connectivity index (χ1v) is 21.4. The summed E-state index contributed by atoms with van der Waals surface area (Å²) in [5, 5.41) is 62.2. The molecule has 2 saturated heterocycles. The average Bonchev–Trinajstić information content (AvgIpc) is 3.18. The zero-order valence-corrected chi connectivity index (χ0v) is 36.8. The maximum absolute atomic E-state index is 13.3. The lowest BCUT2D eigenvalue weighted by Crippen LogP contribution is -2.51. The van der Waals surface area contributed by atoms with Gasteiger partial charge in [-0.3, -0.25) is 82.4 Å². The van der Waals surface area contributed by atoms with Crippen LogP contribution in [-0.2, 0) is 43.2 Å². The molecule has 0 aromatic heterocycles. The molecule has 2 fully saturated rings. The number of rotatable bonds is 23. The minimum absolute atomic E-state index is 0.0547. The highest BCUT2D eigenvalue weighted by atomic mass is 16.4. The van der Waals surface area contributed by atoms with Crippen LogP contribution >= 0.6 is 0 Å². The van der Waals surface area contributed by atoms with Crippen LogP contribution in [0.25, 0.3) is 0 Å². The van der Waals surface area contributed by atoms with Crippen molar-refractivity contribution in [2.75, 3.05) is 164 Å². The number of ketones is 1. The number of nitrogens with one attached hydrogen (secondary N) is 2. The number of nitrogens with zero attached hydrogens (tertiary/aromatic N) is 8. The maximum atomic E-state index is 13.3. The molecule has 64 heavy (non-hydrogen) atoms. The number of hydrogen-bond acceptors (Lipinski definition) is 17. The molecule has 8 N–H and O–H groups in total. The minimum Gasteiger partial charge on any atom is -0.480 e. The van der Waals surface area contributed by atoms with Gasteiger partial charge in [-0.1, -0.05) is 0 Å². The smallest absolute Gasteiger partial charge is 0.317 e. The Morgan fingerprint density at radius 3 is 0.844 bits per heavy atom. The molecular weight excluding hydrogens is 848 g/mol. The van der Waals surface area contributed by atoms with Gasteiger partial charge >= 0.3 is 35.8 Å². The van der Waals surface area contributed by atoms with E-state index in [0.29, 0.717) is 12.8 Å². The van der Waals surface area contributed by atoms with Crippen molar-refractivity contribution in [3.8, 4) is 0 Å². The van der Waals surface area contributed by atoms with E-state index >= 15 is 0 Å². The van der Waals surface area contributed by atoms with E-state index in [1.54, 1.807) is 39.2 Å². The molecule has 0 spiro atoms. The van der Waals surface area contributed by atoms with Crippen LogP contribution in [0.4, 0.5) is 0 Å². The fraction of sp³-hybridized carbons (Fsp3) is 0.769. The number of amides is 2. The van der Waals surface area contributed by atoms with Gasteiger partial charge in [-0.15, -0.1) is 0 Å². The van der Waals surface area contributed by atoms with E-state index < -0.39 is 47.8 Å².